The van der Waals surface area contributed by atoms with Gasteiger partial charge in [-0.1, -0.05) is 6.92 Å². The second-order valence-electron chi connectivity index (χ2n) is 5.47. The smallest absolute Gasteiger partial charge is 0.191 e. The number of likely N-dealkylation sites (tertiary alicyclic amines) is 1. The van der Waals surface area contributed by atoms with E-state index < -0.39 is 0 Å². The highest BCUT2D eigenvalue weighted by Crippen LogP contribution is 2.24. The Labute approximate surface area is 128 Å². The summed E-state index contributed by atoms with van der Waals surface area (Å²) in [7, 11) is 0. The molecule has 0 saturated carbocycles. The number of nitrogens with zero attached hydrogens (tertiary/aromatic N) is 3. The fraction of sp³-hybridized carbons (Fsp3) is 0.467. The second-order valence-corrected chi connectivity index (χ2v) is 6.32. The van der Waals surface area contributed by atoms with Gasteiger partial charge in [-0.2, -0.15) is 0 Å². The lowest BCUT2D eigenvalue weighted by Gasteiger charge is -2.30. The van der Waals surface area contributed by atoms with E-state index in [4.69, 9.17) is 10.2 Å². The average molecular weight is 304 g/mol. The molecule has 0 spiro atoms. The van der Waals surface area contributed by atoms with Crippen LogP contribution in [-0.4, -0.2) is 28.9 Å². The molecule has 1 aliphatic rings. The number of piperidine rings is 1. The van der Waals surface area contributed by atoms with E-state index in [1.807, 2.05) is 17.5 Å². The summed E-state index contributed by atoms with van der Waals surface area (Å²) >= 11 is 1.57. The zero-order chi connectivity index (χ0) is 14.7. The number of thiazole rings is 1. The van der Waals surface area contributed by atoms with Crippen molar-refractivity contribution in [3.63, 3.8) is 0 Å². The van der Waals surface area contributed by atoms with E-state index in [1.54, 1.807) is 17.6 Å². The van der Waals surface area contributed by atoms with Gasteiger partial charge in [0.1, 0.15) is 0 Å². The first-order valence-electron chi connectivity index (χ1n) is 7.25. The van der Waals surface area contributed by atoms with E-state index in [-0.39, 0.29) is 0 Å². The highest BCUT2D eigenvalue weighted by molar-refractivity contribution is 7.13. The van der Waals surface area contributed by atoms with Crippen LogP contribution in [0, 0.1) is 5.92 Å². The van der Waals surface area contributed by atoms with Gasteiger partial charge in [0.05, 0.1) is 18.5 Å². The standard InChI is InChI=1S/C15H20N4OS/c1-11-4-6-19(7-5-11)15(16)17-9-12-10-21-14(18-12)13-3-2-8-20-13/h2-3,8,10-11H,4-7,9H2,1H3,(H2,16,17). The molecule has 2 N–H and O–H groups in total. The van der Waals surface area contributed by atoms with Crippen molar-refractivity contribution in [1.29, 1.82) is 0 Å². The van der Waals surface area contributed by atoms with Crippen LogP contribution < -0.4 is 5.73 Å². The molecule has 0 bridgehead atoms. The van der Waals surface area contributed by atoms with Crippen molar-refractivity contribution in [2.75, 3.05) is 13.1 Å². The highest BCUT2D eigenvalue weighted by atomic mass is 32.1. The van der Waals surface area contributed by atoms with Crippen molar-refractivity contribution < 1.29 is 4.42 Å². The molecule has 3 rings (SSSR count). The van der Waals surface area contributed by atoms with E-state index in [0.29, 0.717) is 12.5 Å². The number of hydrogen-bond donors (Lipinski definition) is 1. The summed E-state index contributed by atoms with van der Waals surface area (Å²) in [6.07, 6.45) is 4.04. The molecule has 0 radical (unpaired) electrons. The monoisotopic (exact) mass is 304 g/mol. The Morgan fingerprint density at radius 3 is 3.05 bits per heavy atom. The first-order valence-corrected chi connectivity index (χ1v) is 8.13. The van der Waals surface area contributed by atoms with Crippen molar-refractivity contribution in [3.8, 4) is 10.8 Å². The Hall–Kier alpha value is -1.82. The molecule has 1 aliphatic heterocycles. The van der Waals surface area contributed by atoms with Gasteiger partial charge in [0, 0.05) is 18.5 Å². The molecule has 1 saturated heterocycles. The maximum absolute atomic E-state index is 6.08. The normalized spacial score (nSPS) is 17.4. The number of nitrogens with two attached hydrogens (primary N) is 1. The van der Waals surface area contributed by atoms with Gasteiger partial charge in [-0.25, -0.2) is 9.98 Å². The summed E-state index contributed by atoms with van der Waals surface area (Å²) in [6, 6.07) is 3.78. The predicted octanol–water partition coefficient (Wildman–Crippen LogP) is 2.95. The van der Waals surface area contributed by atoms with Gasteiger partial charge in [-0.3, -0.25) is 0 Å². The topological polar surface area (TPSA) is 67.7 Å². The lowest BCUT2D eigenvalue weighted by Crippen LogP contribution is -2.42. The fourth-order valence-corrected chi connectivity index (χ4v) is 3.17. The third kappa shape index (κ3) is 3.44. The predicted molar refractivity (Wildman–Crippen MR) is 85.1 cm³/mol. The van der Waals surface area contributed by atoms with Gasteiger partial charge in [0.2, 0.25) is 0 Å². The van der Waals surface area contributed by atoms with Gasteiger partial charge in [-0.15, -0.1) is 11.3 Å². The number of furan rings is 1. The van der Waals surface area contributed by atoms with E-state index in [0.717, 1.165) is 35.5 Å². The molecule has 0 amide bonds. The quantitative estimate of drug-likeness (QED) is 0.699. The Kier molecular flexibility index (Phi) is 4.24. The van der Waals surface area contributed by atoms with Crippen LogP contribution in [0.2, 0.25) is 0 Å². The van der Waals surface area contributed by atoms with E-state index in [2.05, 4.69) is 21.8 Å². The summed E-state index contributed by atoms with van der Waals surface area (Å²) < 4.78 is 5.34. The lowest BCUT2D eigenvalue weighted by molar-refractivity contribution is 0.277. The minimum atomic E-state index is 0.523. The third-order valence-corrected chi connectivity index (χ3v) is 4.70. The molecule has 21 heavy (non-hydrogen) atoms. The fourth-order valence-electron chi connectivity index (χ4n) is 2.39. The van der Waals surface area contributed by atoms with Crippen molar-refractivity contribution in [3.05, 3.63) is 29.5 Å². The third-order valence-electron chi connectivity index (χ3n) is 3.79. The lowest BCUT2D eigenvalue weighted by atomic mass is 10.00. The van der Waals surface area contributed by atoms with Gasteiger partial charge in [-0.05, 0) is 30.9 Å². The molecule has 5 nitrogen and oxygen atoms in total. The van der Waals surface area contributed by atoms with Crippen LogP contribution in [-0.2, 0) is 6.54 Å². The number of hydrogen-bond acceptors (Lipinski definition) is 4. The van der Waals surface area contributed by atoms with Crippen molar-refractivity contribution in [2.45, 2.75) is 26.3 Å². The number of aliphatic imine (C=N–C) groups is 1. The maximum Gasteiger partial charge on any atom is 0.191 e. The largest absolute Gasteiger partial charge is 0.462 e. The summed E-state index contributed by atoms with van der Waals surface area (Å²) in [5.74, 6) is 2.23. The van der Waals surface area contributed by atoms with Gasteiger partial charge in [0.15, 0.2) is 16.7 Å². The molecular weight excluding hydrogens is 284 g/mol. The molecule has 3 heterocycles. The van der Waals surface area contributed by atoms with E-state index in [9.17, 15) is 0 Å². The van der Waals surface area contributed by atoms with Crippen LogP contribution in [0.3, 0.4) is 0 Å². The van der Waals surface area contributed by atoms with Gasteiger partial charge >= 0.3 is 0 Å². The first kappa shape index (κ1) is 14.1. The van der Waals surface area contributed by atoms with Crippen molar-refractivity contribution in [1.82, 2.24) is 9.88 Å². The van der Waals surface area contributed by atoms with E-state index >= 15 is 0 Å². The summed E-state index contributed by atoms with van der Waals surface area (Å²) in [5, 5.41) is 2.89. The molecule has 2 aromatic heterocycles. The summed E-state index contributed by atoms with van der Waals surface area (Å²) in [4.78, 5) is 11.2. The van der Waals surface area contributed by atoms with Crippen LogP contribution in [0.15, 0.2) is 33.2 Å². The molecule has 0 unspecified atom stereocenters. The second kappa shape index (κ2) is 6.30. The van der Waals surface area contributed by atoms with Gasteiger partial charge in [0.25, 0.3) is 0 Å². The van der Waals surface area contributed by atoms with Crippen LogP contribution >= 0.6 is 11.3 Å². The molecule has 0 aliphatic carbocycles. The summed E-state index contributed by atoms with van der Waals surface area (Å²) in [5.41, 5.74) is 7.01. The maximum atomic E-state index is 6.08. The molecular formula is C15H20N4OS. The summed E-state index contributed by atoms with van der Waals surface area (Å²) in [6.45, 7) is 4.82. The number of aromatic nitrogens is 1. The Morgan fingerprint density at radius 2 is 2.33 bits per heavy atom. The zero-order valence-corrected chi connectivity index (χ0v) is 13.0. The van der Waals surface area contributed by atoms with Crippen molar-refractivity contribution >= 4 is 17.3 Å². The van der Waals surface area contributed by atoms with Crippen LogP contribution in [0.1, 0.15) is 25.5 Å². The van der Waals surface area contributed by atoms with Crippen LogP contribution in [0.25, 0.3) is 10.8 Å². The molecule has 0 atom stereocenters. The first-order chi connectivity index (χ1) is 10.2. The van der Waals surface area contributed by atoms with Gasteiger partial charge < -0.3 is 15.1 Å². The molecule has 2 aromatic rings. The Morgan fingerprint density at radius 1 is 1.52 bits per heavy atom. The van der Waals surface area contributed by atoms with Crippen molar-refractivity contribution in [2.24, 2.45) is 16.6 Å². The van der Waals surface area contributed by atoms with Crippen LogP contribution in [0.5, 0.6) is 0 Å². The SMILES string of the molecule is CC1CCN(C(N)=NCc2csc(-c3ccco3)n2)CC1. The molecule has 1 fully saturated rings. The number of guanidine groups is 1. The van der Waals surface area contributed by atoms with Crippen LogP contribution in [0.4, 0.5) is 0 Å². The van der Waals surface area contributed by atoms with E-state index in [1.165, 1.54) is 12.8 Å². The molecule has 6 heteroatoms. The highest BCUT2D eigenvalue weighted by Gasteiger charge is 2.17. The number of rotatable bonds is 3. The Balaban J connectivity index is 1.60. The minimum absolute atomic E-state index is 0.523. The minimum Gasteiger partial charge on any atom is -0.462 e. The Bertz CT molecular complexity index is 597. The average Bonchev–Trinajstić information content (AvgIpc) is 3.16. The zero-order valence-electron chi connectivity index (χ0n) is 12.2. The molecule has 0 aromatic carbocycles. The molecule has 112 valence electrons.